The van der Waals surface area contributed by atoms with Gasteiger partial charge < -0.3 is 10.2 Å². The third-order valence-corrected chi connectivity index (χ3v) is 5.76. The van der Waals surface area contributed by atoms with Crippen molar-refractivity contribution in [3.8, 4) is 0 Å². The molecule has 0 amide bonds. The first-order valence-corrected chi connectivity index (χ1v) is 9.45. The van der Waals surface area contributed by atoms with Crippen LogP contribution in [-0.4, -0.2) is 37.9 Å². The smallest absolute Gasteiger partial charge is 0.0741 e. The summed E-state index contributed by atoms with van der Waals surface area (Å²) in [4.78, 5) is 7.41. The van der Waals surface area contributed by atoms with E-state index in [9.17, 15) is 0 Å². The SMILES string of the molecule is Clc1ccc(C2=NCC3CNCCN3c3ccc(Br)cc32)cc1Cl. The molecule has 0 bridgehead atoms. The molecule has 1 saturated heterocycles. The quantitative estimate of drug-likeness (QED) is 0.735. The van der Waals surface area contributed by atoms with Crippen LogP contribution in [0.3, 0.4) is 0 Å². The summed E-state index contributed by atoms with van der Waals surface area (Å²) in [6, 6.07) is 12.5. The minimum atomic E-state index is 0.374. The molecule has 2 aromatic carbocycles. The summed E-state index contributed by atoms with van der Waals surface area (Å²) in [7, 11) is 0. The number of halogens is 3. The number of nitrogens with zero attached hydrogens (tertiary/aromatic N) is 2. The van der Waals surface area contributed by atoms with E-state index in [1.807, 2.05) is 18.2 Å². The molecule has 0 aliphatic carbocycles. The van der Waals surface area contributed by atoms with Crippen molar-refractivity contribution in [2.24, 2.45) is 4.99 Å². The van der Waals surface area contributed by atoms with Crippen molar-refractivity contribution in [3.05, 3.63) is 62.0 Å². The molecule has 2 aliphatic heterocycles. The molecular formula is C18H16BrCl2N3. The Kier molecular flexibility index (Phi) is 4.56. The van der Waals surface area contributed by atoms with E-state index in [4.69, 9.17) is 28.2 Å². The van der Waals surface area contributed by atoms with Gasteiger partial charge in [-0.1, -0.05) is 45.2 Å². The van der Waals surface area contributed by atoms with E-state index in [1.54, 1.807) is 0 Å². The molecule has 6 heteroatoms. The van der Waals surface area contributed by atoms with E-state index in [0.29, 0.717) is 16.1 Å². The maximum atomic E-state index is 6.24. The Balaban J connectivity index is 1.88. The summed E-state index contributed by atoms with van der Waals surface area (Å²) in [6.45, 7) is 3.69. The first kappa shape index (κ1) is 16.4. The summed E-state index contributed by atoms with van der Waals surface area (Å²) in [5.41, 5.74) is 4.33. The van der Waals surface area contributed by atoms with E-state index in [-0.39, 0.29) is 0 Å². The van der Waals surface area contributed by atoms with Crippen molar-refractivity contribution >= 4 is 50.5 Å². The molecule has 1 N–H and O–H groups in total. The molecule has 1 fully saturated rings. The number of benzene rings is 2. The molecule has 24 heavy (non-hydrogen) atoms. The number of anilines is 1. The van der Waals surface area contributed by atoms with Gasteiger partial charge in [0.1, 0.15) is 0 Å². The zero-order chi connectivity index (χ0) is 16.7. The van der Waals surface area contributed by atoms with Gasteiger partial charge in [0.15, 0.2) is 0 Å². The second-order valence-corrected chi connectivity index (χ2v) is 7.76. The second kappa shape index (κ2) is 6.68. The van der Waals surface area contributed by atoms with Gasteiger partial charge in [-0.25, -0.2) is 0 Å². The average Bonchev–Trinajstić information content (AvgIpc) is 2.74. The minimum absolute atomic E-state index is 0.374. The maximum absolute atomic E-state index is 6.24. The van der Waals surface area contributed by atoms with E-state index in [1.165, 1.54) is 5.69 Å². The van der Waals surface area contributed by atoms with E-state index < -0.39 is 0 Å². The van der Waals surface area contributed by atoms with Gasteiger partial charge in [-0.05, 0) is 30.3 Å². The molecule has 0 aromatic heterocycles. The average molecular weight is 425 g/mol. The van der Waals surface area contributed by atoms with Gasteiger partial charge in [-0.2, -0.15) is 0 Å². The van der Waals surface area contributed by atoms with Crippen LogP contribution in [0.15, 0.2) is 45.9 Å². The van der Waals surface area contributed by atoms with Gasteiger partial charge in [-0.15, -0.1) is 0 Å². The summed E-state index contributed by atoms with van der Waals surface area (Å²) in [5, 5.41) is 4.58. The van der Waals surface area contributed by atoms with Gasteiger partial charge in [0.25, 0.3) is 0 Å². The largest absolute Gasteiger partial charge is 0.364 e. The number of hydrogen-bond acceptors (Lipinski definition) is 3. The molecule has 2 heterocycles. The Labute approximate surface area is 159 Å². The highest BCUT2D eigenvalue weighted by Gasteiger charge is 2.28. The van der Waals surface area contributed by atoms with Crippen LogP contribution in [0, 0.1) is 0 Å². The lowest BCUT2D eigenvalue weighted by Crippen LogP contribution is -2.52. The first-order chi connectivity index (χ1) is 11.6. The van der Waals surface area contributed by atoms with Gasteiger partial charge in [-0.3, -0.25) is 4.99 Å². The van der Waals surface area contributed by atoms with Crippen LogP contribution in [-0.2, 0) is 0 Å². The molecule has 4 rings (SSSR count). The summed E-state index contributed by atoms with van der Waals surface area (Å²) in [5.74, 6) is 0. The number of nitrogens with one attached hydrogen (secondary N) is 1. The molecule has 0 radical (unpaired) electrons. The highest BCUT2D eigenvalue weighted by Crippen LogP contribution is 2.33. The molecule has 0 spiro atoms. The Hall–Kier alpha value is -1.07. The fourth-order valence-corrected chi connectivity index (χ4v) is 4.02. The van der Waals surface area contributed by atoms with Crippen LogP contribution in [0.2, 0.25) is 10.0 Å². The first-order valence-electron chi connectivity index (χ1n) is 7.90. The normalized spacial score (nSPS) is 20.0. The maximum Gasteiger partial charge on any atom is 0.0741 e. The van der Waals surface area contributed by atoms with Crippen LogP contribution in [0.25, 0.3) is 0 Å². The third-order valence-electron chi connectivity index (χ3n) is 4.53. The fourth-order valence-electron chi connectivity index (χ4n) is 3.36. The number of piperazine rings is 1. The Morgan fingerprint density at radius 1 is 1.12 bits per heavy atom. The van der Waals surface area contributed by atoms with Gasteiger partial charge in [0, 0.05) is 40.9 Å². The summed E-state index contributed by atoms with van der Waals surface area (Å²) >= 11 is 15.9. The fraction of sp³-hybridized carbons (Fsp3) is 0.278. The van der Waals surface area contributed by atoms with E-state index in [2.05, 4.69) is 44.3 Å². The molecule has 124 valence electrons. The van der Waals surface area contributed by atoms with Crippen molar-refractivity contribution < 1.29 is 0 Å². The Morgan fingerprint density at radius 3 is 2.83 bits per heavy atom. The standard InChI is InChI=1S/C18H16BrCl2N3/c19-12-2-4-17-14(8-12)18(11-1-3-15(20)16(21)7-11)23-10-13-9-22-5-6-24(13)17/h1-4,7-8,13,22H,5-6,9-10H2. The Bertz CT molecular complexity index is 822. The van der Waals surface area contributed by atoms with Crippen LogP contribution < -0.4 is 10.2 Å². The van der Waals surface area contributed by atoms with Crippen LogP contribution in [0.1, 0.15) is 11.1 Å². The topological polar surface area (TPSA) is 27.6 Å². The van der Waals surface area contributed by atoms with Crippen molar-refractivity contribution in [1.82, 2.24) is 5.32 Å². The van der Waals surface area contributed by atoms with E-state index in [0.717, 1.165) is 47.5 Å². The minimum Gasteiger partial charge on any atom is -0.364 e. The molecule has 0 saturated carbocycles. The lowest BCUT2D eigenvalue weighted by atomic mass is 10.00. The van der Waals surface area contributed by atoms with Crippen molar-refractivity contribution in [2.45, 2.75) is 6.04 Å². The highest BCUT2D eigenvalue weighted by atomic mass is 79.9. The van der Waals surface area contributed by atoms with Crippen LogP contribution in [0.4, 0.5) is 5.69 Å². The zero-order valence-corrected chi connectivity index (χ0v) is 16.0. The zero-order valence-electron chi connectivity index (χ0n) is 12.9. The van der Waals surface area contributed by atoms with Gasteiger partial charge in [0.2, 0.25) is 0 Å². The summed E-state index contributed by atoms with van der Waals surface area (Å²) < 4.78 is 1.04. The van der Waals surface area contributed by atoms with E-state index >= 15 is 0 Å². The lowest BCUT2D eigenvalue weighted by molar-refractivity contribution is 0.484. The predicted octanol–water partition coefficient (Wildman–Crippen LogP) is 4.39. The van der Waals surface area contributed by atoms with Crippen LogP contribution >= 0.6 is 39.1 Å². The molecule has 1 atom stereocenters. The van der Waals surface area contributed by atoms with Gasteiger partial charge >= 0.3 is 0 Å². The van der Waals surface area contributed by atoms with Crippen molar-refractivity contribution in [3.63, 3.8) is 0 Å². The molecular weight excluding hydrogens is 409 g/mol. The number of hydrogen-bond donors (Lipinski definition) is 1. The second-order valence-electron chi connectivity index (χ2n) is 6.03. The number of fused-ring (bicyclic) bond motifs is 3. The predicted molar refractivity (Wildman–Crippen MR) is 105 cm³/mol. The molecule has 2 aromatic rings. The van der Waals surface area contributed by atoms with Crippen molar-refractivity contribution in [1.29, 1.82) is 0 Å². The number of aliphatic imine (C=N–C) groups is 1. The van der Waals surface area contributed by atoms with Crippen LogP contribution in [0.5, 0.6) is 0 Å². The Morgan fingerprint density at radius 2 is 2.00 bits per heavy atom. The molecule has 3 nitrogen and oxygen atoms in total. The van der Waals surface area contributed by atoms with Crippen molar-refractivity contribution in [2.75, 3.05) is 31.1 Å². The van der Waals surface area contributed by atoms with Gasteiger partial charge in [0.05, 0.1) is 28.3 Å². The molecule has 1 unspecified atom stereocenters. The number of rotatable bonds is 1. The highest BCUT2D eigenvalue weighted by molar-refractivity contribution is 9.10. The molecule has 2 aliphatic rings. The monoisotopic (exact) mass is 423 g/mol. The third kappa shape index (κ3) is 2.97. The lowest BCUT2D eigenvalue weighted by Gasteiger charge is -2.37. The summed E-state index contributed by atoms with van der Waals surface area (Å²) in [6.07, 6.45) is 0.